The fraction of sp³-hybridized carbons (Fsp3) is 0.455. The Morgan fingerprint density at radius 3 is 3.00 bits per heavy atom. The van der Waals surface area contributed by atoms with Gasteiger partial charge in [0.25, 0.3) is 0 Å². The first-order valence-electron chi connectivity index (χ1n) is 5.50. The molecule has 2 aromatic heterocycles. The van der Waals surface area contributed by atoms with Crippen LogP contribution in [0.5, 0.6) is 0 Å². The lowest BCUT2D eigenvalue weighted by molar-refractivity contribution is 0.287. The van der Waals surface area contributed by atoms with Crippen molar-refractivity contribution in [2.45, 2.75) is 18.0 Å². The molecule has 0 amide bonds. The Labute approximate surface area is 104 Å². The van der Waals surface area contributed by atoms with E-state index >= 15 is 0 Å². The normalized spacial score (nSPS) is 10.9. The van der Waals surface area contributed by atoms with Gasteiger partial charge in [0.2, 0.25) is 0 Å². The maximum atomic E-state index is 8.69. The van der Waals surface area contributed by atoms with Gasteiger partial charge in [-0.1, -0.05) is 11.8 Å². The van der Waals surface area contributed by atoms with E-state index in [1.54, 1.807) is 18.0 Å². The van der Waals surface area contributed by atoms with Crippen molar-refractivity contribution in [2.75, 3.05) is 12.4 Å². The number of rotatable bonds is 6. The fourth-order valence-electron chi connectivity index (χ4n) is 1.44. The SMILES string of the molecule is Cn1c(SCCCCO)nnc1-c1ccco1. The Kier molecular flexibility index (Phi) is 4.22. The molecule has 0 unspecified atom stereocenters. The number of thioether (sulfide) groups is 1. The molecule has 0 saturated heterocycles. The Hall–Kier alpha value is -1.27. The topological polar surface area (TPSA) is 64.1 Å². The lowest BCUT2D eigenvalue weighted by Gasteiger charge is -2.01. The van der Waals surface area contributed by atoms with Gasteiger partial charge in [0.05, 0.1) is 6.26 Å². The van der Waals surface area contributed by atoms with E-state index in [0.717, 1.165) is 35.3 Å². The number of hydrogen-bond donors (Lipinski definition) is 1. The van der Waals surface area contributed by atoms with Crippen LogP contribution in [0.1, 0.15) is 12.8 Å². The van der Waals surface area contributed by atoms with E-state index in [1.807, 2.05) is 23.7 Å². The summed E-state index contributed by atoms with van der Waals surface area (Å²) in [6.07, 6.45) is 3.43. The van der Waals surface area contributed by atoms with Crippen molar-refractivity contribution in [2.24, 2.45) is 7.05 Å². The molecule has 0 saturated carbocycles. The highest BCUT2D eigenvalue weighted by Gasteiger charge is 2.12. The van der Waals surface area contributed by atoms with E-state index < -0.39 is 0 Å². The van der Waals surface area contributed by atoms with Crippen molar-refractivity contribution in [3.63, 3.8) is 0 Å². The number of aromatic nitrogens is 3. The predicted molar refractivity (Wildman–Crippen MR) is 65.7 cm³/mol. The smallest absolute Gasteiger partial charge is 0.200 e. The number of aliphatic hydroxyl groups excluding tert-OH is 1. The summed E-state index contributed by atoms with van der Waals surface area (Å²) in [5.41, 5.74) is 0. The largest absolute Gasteiger partial charge is 0.461 e. The van der Waals surface area contributed by atoms with Gasteiger partial charge in [0.15, 0.2) is 16.7 Å². The number of hydrogen-bond acceptors (Lipinski definition) is 5. The number of unbranched alkanes of at least 4 members (excludes halogenated alkanes) is 1. The van der Waals surface area contributed by atoms with Crippen LogP contribution >= 0.6 is 11.8 Å². The summed E-state index contributed by atoms with van der Waals surface area (Å²) < 4.78 is 7.21. The van der Waals surface area contributed by atoms with Gasteiger partial charge >= 0.3 is 0 Å². The molecule has 6 heteroatoms. The van der Waals surface area contributed by atoms with Crippen molar-refractivity contribution in [3.8, 4) is 11.6 Å². The lowest BCUT2D eigenvalue weighted by Crippen LogP contribution is -1.95. The zero-order valence-electron chi connectivity index (χ0n) is 9.67. The molecular weight excluding hydrogens is 238 g/mol. The van der Waals surface area contributed by atoms with Crippen LogP contribution in [0.4, 0.5) is 0 Å². The zero-order valence-corrected chi connectivity index (χ0v) is 10.5. The number of furan rings is 1. The molecular formula is C11H15N3O2S. The zero-order chi connectivity index (χ0) is 12.1. The highest BCUT2D eigenvalue weighted by atomic mass is 32.2. The van der Waals surface area contributed by atoms with Crippen molar-refractivity contribution in [1.29, 1.82) is 0 Å². The number of aliphatic hydroxyl groups is 1. The van der Waals surface area contributed by atoms with E-state index in [9.17, 15) is 0 Å². The Balaban J connectivity index is 2.01. The van der Waals surface area contributed by atoms with E-state index in [0.29, 0.717) is 0 Å². The first-order valence-corrected chi connectivity index (χ1v) is 6.48. The minimum absolute atomic E-state index is 0.247. The van der Waals surface area contributed by atoms with Crippen LogP contribution in [0.2, 0.25) is 0 Å². The molecule has 0 aliphatic heterocycles. The predicted octanol–water partition coefficient (Wildman–Crippen LogP) is 1.94. The minimum Gasteiger partial charge on any atom is -0.461 e. The standard InChI is InChI=1S/C11H15N3O2S/c1-14-10(9-5-4-7-16-9)12-13-11(14)17-8-3-2-6-15/h4-5,7,15H,2-3,6,8H2,1H3. The molecule has 0 aliphatic rings. The third-order valence-electron chi connectivity index (χ3n) is 2.36. The van der Waals surface area contributed by atoms with Crippen LogP contribution in [0.3, 0.4) is 0 Å². The molecule has 2 aromatic rings. The van der Waals surface area contributed by atoms with Crippen molar-refractivity contribution in [3.05, 3.63) is 18.4 Å². The summed E-state index contributed by atoms with van der Waals surface area (Å²) in [4.78, 5) is 0. The summed E-state index contributed by atoms with van der Waals surface area (Å²) in [5.74, 6) is 2.40. The first-order chi connectivity index (χ1) is 8.33. The van der Waals surface area contributed by atoms with Crippen LogP contribution in [0.25, 0.3) is 11.6 Å². The van der Waals surface area contributed by atoms with Gasteiger partial charge in [0, 0.05) is 19.4 Å². The molecule has 0 aliphatic carbocycles. The van der Waals surface area contributed by atoms with Gasteiger partial charge < -0.3 is 14.1 Å². The first kappa shape index (κ1) is 12.2. The molecule has 0 radical (unpaired) electrons. The molecule has 1 N–H and O–H groups in total. The van der Waals surface area contributed by atoms with Crippen molar-refractivity contribution >= 4 is 11.8 Å². The van der Waals surface area contributed by atoms with Gasteiger partial charge in [-0.3, -0.25) is 0 Å². The van der Waals surface area contributed by atoms with Gasteiger partial charge in [-0.15, -0.1) is 10.2 Å². The van der Waals surface area contributed by atoms with Gasteiger partial charge in [-0.05, 0) is 25.0 Å². The van der Waals surface area contributed by atoms with Gasteiger partial charge in [0.1, 0.15) is 0 Å². The van der Waals surface area contributed by atoms with E-state index in [-0.39, 0.29) is 6.61 Å². The minimum atomic E-state index is 0.247. The van der Waals surface area contributed by atoms with Crippen molar-refractivity contribution in [1.82, 2.24) is 14.8 Å². The summed E-state index contributed by atoms with van der Waals surface area (Å²) in [6, 6.07) is 3.70. The molecule has 92 valence electrons. The molecule has 0 atom stereocenters. The van der Waals surface area contributed by atoms with Crippen LogP contribution in [0.15, 0.2) is 28.0 Å². The second kappa shape index (κ2) is 5.88. The summed E-state index contributed by atoms with van der Waals surface area (Å²) in [7, 11) is 1.92. The second-order valence-corrected chi connectivity index (χ2v) is 4.68. The lowest BCUT2D eigenvalue weighted by atomic mass is 10.4. The van der Waals surface area contributed by atoms with Gasteiger partial charge in [-0.2, -0.15) is 0 Å². The maximum Gasteiger partial charge on any atom is 0.200 e. The molecule has 5 nitrogen and oxygen atoms in total. The molecule has 17 heavy (non-hydrogen) atoms. The molecule has 0 aromatic carbocycles. The highest BCUT2D eigenvalue weighted by Crippen LogP contribution is 2.23. The summed E-state index contributed by atoms with van der Waals surface area (Å²) in [5, 5.41) is 17.8. The molecule has 0 bridgehead atoms. The monoisotopic (exact) mass is 253 g/mol. The van der Waals surface area contributed by atoms with E-state index in [1.165, 1.54) is 0 Å². The molecule has 0 spiro atoms. The third kappa shape index (κ3) is 2.89. The summed E-state index contributed by atoms with van der Waals surface area (Å²) >= 11 is 1.64. The van der Waals surface area contributed by atoms with Crippen LogP contribution in [0, 0.1) is 0 Å². The average Bonchev–Trinajstić information content (AvgIpc) is 2.95. The Bertz CT molecular complexity index is 453. The number of nitrogens with zero attached hydrogens (tertiary/aromatic N) is 3. The summed E-state index contributed by atoms with van der Waals surface area (Å²) in [6.45, 7) is 0.247. The average molecular weight is 253 g/mol. The van der Waals surface area contributed by atoms with Crippen LogP contribution in [-0.2, 0) is 7.05 Å². The highest BCUT2D eigenvalue weighted by molar-refractivity contribution is 7.99. The van der Waals surface area contributed by atoms with E-state index in [2.05, 4.69) is 10.2 Å². The molecule has 2 heterocycles. The van der Waals surface area contributed by atoms with Crippen molar-refractivity contribution < 1.29 is 9.52 Å². The molecule has 2 rings (SSSR count). The van der Waals surface area contributed by atoms with Crippen LogP contribution < -0.4 is 0 Å². The fourth-order valence-corrected chi connectivity index (χ4v) is 2.35. The Morgan fingerprint density at radius 2 is 2.29 bits per heavy atom. The quantitative estimate of drug-likeness (QED) is 0.629. The second-order valence-electron chi connectivity index (χ2n) is 3.62. The van der Waals surface area contributed by atoms with E-state index in [4.69, 9.17) is 9.52 Å². The Morgan fingerprint density at radius 1 is 1.41 bits per heavy atom. The molecule has 0 fully saturated rings. The van der Waals surface area contributed by atoms with Gasteiger partial charge in [-0.25, -0.2) is 0 Å². The van der Waals surface area contributed by atoms with Crippen LogP contribution in [-0.4, -0.2) is 32.2 Å². The maximum absolute atomic E-state index is 8.69. The third-order valence-corrected chi connectivity index (χ3v) is 3.47.